The molecule has 118 valence electrons. The topological polar surface area (TPSA) is 54.0 Å². The molecule has 0 aromatic carbocycles. The predicted octanol–water partition coefficient (Wildman–Crippen LogP) is 3.97. The highest BCUT2D eigenvalue weighted by Gasteiger charge is 2.25. The maximum absolute atomic E-state index is 12.3. The highest BCUT2D eigenvalue weighted by atomic mass is 32.1. The van der Waals surface area contributed by atoms with Crippen molar-refractivity contribution in [2.45, 2.75) is 58.9 Å². The Morgan fingerprint density at radius 1 is 1.43 bits per heavy atom. The first-order valence-electron chi connectivity index (χ1n) is 8.09. The Labute approximate surface area is 131 Å². The minimum absolute atomic E-state index is 0.150. The molecule has 0 saturated heterocycles. The Morgan fingerprint density at radius 2 is 2.14 bits per heavy atom. The van der Waals surface area contributed by atoms with Crippen LogP contribution in [-0.2, 0) is 4.79 Å². The molecular formula is C16H27N3OS. The molecule has 1 aromatic rings. The average Bonchev–Trinajstić information content (AvgIpc) is 2.94. The predicted molar refractivity (Wildman–Crippen MR) is 88.6 cm³/mol. The smallest absolute Gasteiger partial charge is 0.229 e. The van der Waals surface area contributed by atoms with Crippen LogP contribution in [0.15, 0.2) is 5.38 Å². The molecule has 1 heterocycles. The van der Waals surface area contributed by atoms with Gasteiger partial charge in [0.1, 0.15) is 0 Å². The zero-order valence-corrected chi connectivity index (χ0v) is 14.1. The molecule has 1 amide bonds. The van der Waals surface area contributed by atoms with Crippen molar-refractivity contribution in [3.05, 3.63) is 11.1 Å². The van der Waals surface area contributed by atoms with Gasteiger partial charge in [0, 0.05) is 17.3 Å². The summed E-state index contributed by atoms with van der Waals surface area (Å²) >= 11 is 1.52. The van der Waals surface area contributed by atoms with Crippen LogP contribution in [0.2, 0.25) is 0 Å². The Kier molecular flexibility index (Phi) is 6.18. The van der Waals surface area contributed by atoms with Crippen LogP contribution in [0.5, 0.6) is 0 Å². The van der Waals surface area contributed by atoms with E-state index in [9.17, 15) is 4.79 Å². The van der Waals surface area contributed by atoms with Crippen LogP contribution in [0.3, 0.4) is 0 Å². The van der Waals surface area contributed by atoms with E-state index in [0.29, 0.717) is 0 Å². The van der Waals surface area contributed by atoms with Crippen molar-refractivity contribution < 1.29 is 4.79 Å². The highest BCUT2D eigenvalue weighted by Crippen LogP contribution is 2.29. The molecule has 1 unspecified atom stereocenters. The summed E-state index contributed by atoms with van der Waals surface area (Å²) in [5.74, 6) is 1.09. The van der Waals surface area contributed by atoms with E-state index in [1.54, 1.807) is 0 Å². The average molecular weight is 309 g/mol. The van der Waals surface area contributed by atoms with Crippen LogP contribution in [0, 0.1) is 11.8 Å². The van der Waals surface area contributed by atoms with Crippen molar-refractivity contribution in [1.82, 2.24) is 10.3 Å². The van der Waals surface area contributed by atoms with E-state index in [2.05, 4.69) is 36.4 Å². The van der Waals surface area contributed by atoms with Crippen molar-refractivity contribution in [3.8, 4) is 0 Å². The summed E-state index contributed by atoms with van der Waals surface area (Å²) in [6.07, 6.45) is 5.47. The highest BCUT2D eigenvalue weighted by molar-refractivity contribution is 7.13. The molecule has 1 aliphatic carbocycles. The van der Waals surface area contributed by atoms with Crippen molar-refractivity contribution in [3.63, 3.8) is 0 Å². The lowest BCUT2D eigenvalue weighted by molar-refractivity contribution is -0.121. The Morgan fingerprint density at radius 3 is 2.81 bits per heavy atom. The molecule has 1 aliphatic rings. The summed E-state index contributed by atoms with van der Waals surface area (Å²) in [7, 11) is 0. The van der Waals surface area contributed by atoms with E-state index in [1.807, 2.05) is 5.38 Å². The second-order valence-corrected chi connectivity index (χ2v) is 7.06. The van der Waals surface area contributed by atoms with Crippen LogP contribution in [-0.4, -0.2) is 17.4 Å². The van der Waals surface area contributed by atoms with Gasteiger partial charge >= 0.3 is 0 Å². The lowest BCUT2D eigenvalue weighted by Gasteiger charge is -2.24. The Bertz CT molecular complexity index is 452. The van der Waals surface area contributed by atoms with Crippen LogP contribution in [0.1, 0.15) is 64.6 Å². The molecule has 1 atom stereocenters. The van der Waals surface area contributed by atoms with Gasteiger partial charge in [-0.2, -0.15) is 0 Å². The van der Waals surface area contributed by atoms with Gasteiger partial charge in [-0.05, 0) is 51.5 Å². The third kappa shape index (κ3) is 4.78. The first-order chi connectivity index (χ1) is 10.1. The molecule has 1 aromatic heterocycles. The van der Waals surface area contributed by atoms with E-state index in [4.69, 9.17) is 0 Å². The van der Waals surface area contributed by atoms with Gasteiger partial charge < -0.3 is 10.6 Å². The van der Waals surface area contributed by atoms with Gasteiger partial charge in [0.2, 0.25) is 5.91 Å². The summed E-state index contributed by atoms with van der Waals surface area (Å²) in [5, 5.41) is 9.18. The maximum atomic E-state index is 12.3. The second-order valence-electron chi connectivity index (χ2n) is 6.20. The molecule has 0 aliphatic heterocycles. The number of hydrogen-bond acceptors (Lipinski definition) is 4. The molecule has 4 nitrogen and oxygen atoms in total. The number of carbonyl (C=O) groups excluding carboxylic acids is 1. The number of aromatic nitrogens is 1. The zero-order valence-electron chi connectivity index (χ0n) is 13.3. The number of nitrogens with zero attached hydrogens (tertiary/aromatic N) is 1. The van der Waals surface area contributed by atoms with Gasteiger partial charge in [0.05, 0.1) is 5.69 Å². The zero-order chi connectivity index (χ0) is 15.2. The number of nitrogens with one attached hydrogen (secondary N) is 2. The van der Waals surface area contributed by atoms with E-state index >= 15 is 0 Å². The summed E-state index contributed by atoms with van der Waals surface area (Å²) < 4.78 is 0. The van der Waals surface area contributed by atoms with Gasteiger partial charge in [-0.3, -0.25) is 4.79 Å². The minimum Gasteiger partial charge on any atom is -0.309 e. The molecule has 21 heavy (non-hydrogen) atoms. The quantitative estimate of drug-likeness (QED) is 0.836. The van der Waals surface area contributed by atoms with Crippen molar-refractivity contribution in [1.29, 1.82) is 0 Å². The van der Waals surface area contributed by atoms with Crippen LogP contribution in [0.25, 0.3) is 0 Å². The van der Waals surface area contributed by atoms with Crippen LogP contribution in [0.4, 0.5) is 5.13 Å². The number of hydrogen-bond donors (Lipinski definition) is 2. The third-order valence-electron chi connectivity index (χ3n) is 4.28. The van der Waals surface area contributed by atoms with Gasteiger partial charge in [0.15, 0.2) is 5.13 Å². The van der Waals surface area contributed by atoms with Crippen molar-refractivity contribution in [2.24, 2.45) is 11.8 Å². The third-order valence-corrected chi connectivity index (χ3v) is 5.06. The Hall–Kier alpha value is -0.940. The van der Waals surface area contributed by atoms with Crippen LogP contribution >= 0.6 is 11.3 Å². The number of thiazole rings is 1. The standard InChI is InChI=1S/C16H27N3OS/c1-4-9-17-12(3)14-10-21-16(18-14)19-15(20)13-7-5-11(2)6-8-13/h10-13,17H,4-9H2,1-3H3,(H,18,19,20). The van der Waals surface area contributed by atoms with Gasteiger partial charge in [0.25, 0.3) is 0 Å². The largest absolute Gasteiger partial charge is 0.309 e. The SMILES string of the molecule is CCCNC(C)c1csc(NC(=O)C2CCC(C)CC2)n1. The number of carbonyl (C=O) groups is 1. The van der Waals surface area contributed by atoms with Gasteiger partial charge in [-0.15, -0.1) is 11.3 Å². The first kappa shape index (κ1) is 16.4. The molecule has 1 fully saturated rings. The molecule has 5 heteroatoms. The Balaban J connectivity index is 1.85. The molecule has 0 bridgehead atoms. The monoisotopic (exact) mass is 309 g/mol. The maximum Gasteiger partial charge on any atom is 0.229 e. The number of anilines is 1. The van der Waals surface area contributed by atoms with Gasteiger partial charge in [-0.1, -0.05) is 13.8 Å². The molecule has 1 saturated carbocycles. The fourth-order valence-electron chi connectivity index (χ4n) is 2.74. The van der Waals surface area contributed by atoms with E-state index < -0.39 is 0 Å². The minimum atomic E-state index is 0.150. The lowest BCUT2D eigenvalue weighted by atomic mass is 9.82. The fourth-order valence-corrected chi connectivity index (χ4v) is 3.54. The molecule has 0 spiro atoms. The van der Waals surface area contributed by atoms with Crippen molar-refractivity contribution in [2.75, 3.05) is 11.9 Å². The first-order valence-corrected chi connectivity index (χ1v) is 8.97. The second kappa shape index (κ2) is 7.90. The lowest BCUT2D eigenvalue weighted by Crippen LogP contribution is -2.26. The number of rotatable bonds is 6. The van der Waals surface area contributed by atoms with Crippen LogP contribution < -0.4 is 10.6 Å². The molecule has 0 radical (unpaired) electrons. The summed E-state index contributed by atoms with van der Waals surface area (Å²) in [4.78, 5) is 16.8. The summed E-state index contributed by atoms with van der Waals surface area (Å²) in [5.41, 5.74) is 1.01. The van der Waals surface area contributed by atoms with E-state index in [1.165, 1.54) is 24.2 Å². The molecule has 2 rings (SSSR count). The summed E-state index contributed by atoms with van der Waals surface area (Å²) in [6.45, 7) is 7.52. The van der Waals surface area contributed by atoms with Crippen molar-refractivity contribution >= 4 is 22.4 Å². The van der Waals surface area contributed by atoms with E-state index in [0.717, 1.165) is 42.6 Å². The molecular weight excluding hydrogens is 282 g/mol. The molecule has 2 N–H and O–H groups in total. The number of amides is 1. The summed E-state index contributed by atoms with van der Waals surface area (Å²) in [6, 6.07) is 0.238. The van der Waals surface area contributed by atoms with E-state index in [-0.39, 0.29) is 17.9 Å². The normalized spacial score (nSPS) is 23.8. The van der Waals surface area contributed by atoms with Gasteiger partial charge in [-0.25, -0.2) is 4.98 Å². The fraction of sp³-hybridized carbons (Fsp3) is 0.750.